The summed E-state index contributed by atoms with van der Waals surface area (Å²) < 4.78 is 99.6. The van der Waals surface area contributed by atoms with Crippen molar-refractivity contribution in [2.75, 3.05) is 0 Å². The minimum atomic E-state index is -5.16. The van der Waals surface area contributed by atoms with E-state index in [1.807, 2.05) is 0 Å². The Labute approximate surface area is 234 Å². The van der Waals surface area contributed by atoms with Gasteiger partial charge in [0, 0.05) is 12.3 Å². The van der Waals surface area contributed by atoms with Crippen molar-refractivity contribution in [2.45, 2.75) is 134 Å². The molecule has 1 nitrogen and oxygen atoms in total. The van der Waals surface area contributed by atoms with Crippen LogP contribution in [-0.4, -0.2) is 12.3 Å². The maximum atomic E-state index is 15.2. The van der Waals surface area contributed by atoms with Crippen molar-refractivity contribution >= 4 is 0 Å². The van der Waals surface area contributed by atoms with E-state index in [1.165, 1.54) is 25.7 Å². The molecule has 0 bridgehead atoms. The second-order valence-electron chi connectivity index (χ2n) is 12.9. The van der Waals surface area contributed by atoms with E-state index in [-0.39, 0.29) is 18.3 Å². The molecule has 3 aliphatic carbocycles. The maximum Gasteiger partial charge on any atom is 0.573 e. The Bertz CT molecular complexity index is 899. The SMILES string of the molecule is CCCCCC1CCC(C(F)(F)CC2CCC(C3CCC(c4cc(F)c(OC(F)(F)F)c(F)c4)CC3)CC2)CC1. The summed E-state index contributed by atoms with van der Waals surface area (Å²) in [6, 6.07) is 1.92. The Morgan fingerprint density at radius 1 is 0.700 bits per heavy atom. The van der Waals surface area contributed by atoms with Gasteiger partial charge in [0.2, 0.25) is 5.75 Å². The monoisotopic (exact) mass is 578 g/mol. The molecular formula is C32H45F7O. The lowest BCUT2D eigenvalue weighted by Gasteiger charge is -2.40. The molecule has 0 amide bonds. The summed E-state index contributed by atoms with van der Waals surface area (Å²) in [5.74, 6) is -5.60. The third kappa shape index (κ3) is 8.53. The molecule has 1 aromatic rings. The third-order valence-electron chi connectivity index (χ3n) is 10.3. The minimum absolute atomic E-state index is 0.0167. The highest BCUT2D eigenvalue weighted by molar-refractivity contribution is 5.33. The third-order valence-corrected chi connectivity index (χ3v) is 10.3. The molecule has 0 spiro atoms. The van der Waals surface area contributed by atoms with Gasteiger partial charge >= 0.3 is 6.36 Å². The smallest absolute Gasteiger partial charge is 0.399 e. The van der Waals surface area contributed by atoms with Gasteiger partial charge in [-0.2, -0.15) is 0 Å². The summed E-state index contributed by atoms with van der Waals surface area (Å²) in [6.45, 7) is 2.19. The number of benzene rings is 1. The fraction of sp³-hybridized carbons (Fsp3) is 0.812. The Morgan fingerprint density at radius 3 is 1.75 bits per heavy atom. The number of hydrogen-bond donors (Lipinski definition) is 0. The molecule has 3 aliphatic rings. The van der Waals surface area contributed by atoms with E-state index in [0.29, 0.717) is 49.0 Å². The topological polar surface area (TPSA) is 9.23 Å². The van der Waals surface area contributed by atoms with Crippen molar-refractivity contribution in [2.24, 2.45) is 29.6 Å². The molecule has 0 unspecified atom stereocenters. The van der Waals surface area contributed by atoms with Crippen molar-refractivity contribution in [3.63, 3.8) is 0 Å². The van der Waals surface area contributed by atoms with Crippen LogP contribution in [0.15, 0.2) is 12.1 Å². The van der Waals surface area contributed by atoms with Crippen molar-refractivity contribution in [1.82, 2.24) is 0 Å². The van der Waals surface area contributed by atoms with E-state index >= 15 is 8.78 Å². The van der Waals surface area contributed by atoms with Crippen LogP contribution in [0, 0.1) is 41.2 Å². The normalized spacial score (nSPS) is 30.3. The second-order valence-corrected chi connectivity index (χ2v) is 12.9. The highest BCUT2D eigenvalue weighted by atomic mass is 19.4. The zero-order valence-corrected chi connectivity index (χ0v) is 23.7. The van der Waals surface area contributed by atoms with Gasteiger partial charge < -0.3 is 4.74 Å². The van der Waals surface area contributed by atoms with Gasteiger partial charge in [-0.05, 0) is 124 Å². The molecule has 1 aromatic carbocycles. The predicted octanol–water partition coefficient (Wildman–Crippen LogP) is 11.4. The van der Waals surface area contributed by atoms with Crippen LogP contribution in [-0.2, 0) is 0 Å². The van der Waals surface area contributed by atoms with Gasteiger partial charge in [-0.3, -0.25) is 0 Å². The van der Waals surface area contributed by atoms with Gasteiger partial charge in [-0.1, -0.05) is 32.6 Å². The van der Waals surface area contributed by atoms with E-state index in [4.69, 9.17) is 0 Å². The average molecular weight is 579 g/mol. The molecule has 4 rings (SSSR count). The molecule has 8 heteroatoms. The Balaban J connectivity index is 1.20. The van der Waals surface area contributed by atoms with E-state index < -0.39 is 35.6 Å². The molecule has 0 atom stereocenters. The zero-order chi connectivity index (χ0) is 28.9. The first-order chi connectivity index (χ1) is 18.9. The largest absolute Gasteiger partial charge is 0.573 e. The number of unbranched alkanes of at least 4 members (excludes halogenated alkanes) is 2. The molecule has 228 valence electrons. The zero-order valence-electron chi connectivity index (χ0n) is 23.7. The fourth-order valence-corrected chi connectivity index (χ4v) is 7.92. The first-order valence-corrected chi connectivity index (χ1v) is 15.6. The Kier molecular flexibility index (Phi) is 10.8. The lowest BCUT2D eigenvalue weighted by Crippen LogP contribution is -2.35. The van der Waals surface area contributed by atoms with Crippen LogP contribution < -0.4 is 4.74 Å². The number of alkyl halides is 5. The van der Waals surface area contributed by atoms with Gasteiger partial charge in [0.15, 0.2) is 11.6 Å². The maximum absolute atomic E-state index is 15.2. The van der Waals surface area contributed by atoms with Crippen molar-refractivity contribution in [3.8, 4) is 5.75 Å². The highest BCUT2D eigenvalue weighted by Crippen LogP contribution is 2.48. The summed E-state index contributed by atoms with van der Waals surface area (Å²) in [5, 5.41) is 0. The van der Waals surface area contributed by atoms with Crippen LogP contribution >= 0.6 is 0 Å². The molecule has 0 aromatic heterocycles. The van der Waals surface area contributed by atoms with Crippen LogP contribution in [0.5, 0.6) is 5.75 Å². The molecule has 0 radical (unpaired) electrons. The van der Waals surface area contributed by atoms with E-state index in [9.17, 15) is 22.0 Å². The van der Waals surface area contributed by atoms with Crippen LogP contribution in [0.3, 0.4) is 0 Å². The van der Waals surface area contributed by atoms with E-state index in [0.717, 1.165) is 63.5 Å². The van der Waals surface area contributed by atoms with Crippen molar-refractivity contribution in [3.05, 3.63) is 29.3 Å². The number of halogens is 7. The second kappa shape index (κ2) is 13.7. The summed E-state index contributed by atoms with van der Waals surface area (Å²) in [5.41, 5.74) is 0.365. The molecular weight excluding hydrogens is 533 g/mol. The van der Waals surface area contributed by atoms with Gasteiger partial charge in [0.1, 0.15) is 0 Å². The summed E-state index contributed by atoms with van der Waals surface area (Å²) in [4.78, 5) is 0. The standard InChI is InChI=1S/C32H45F7O/c1-2-3-4-5-21-8-16-27(17-9-21)31(35,36)20-22-6-10-23(11-7-22)24-12-14-25(15-13-24)26-18-28(33)30(29(34)19-26)40-32(37,38)39/h18-19,21-25,27H,2-17,20H2,1H3. The number of rotatable bonds is 10. The van der Waals surface area contributed by atoms with E-state index in [1.54, 1.807) is 0 Å². The minimum Gasteiger partial charge on any atom is -0.399 e. The molecule has 40 heavy (non-hydrogen) atoms. The lowest BCUT2D eigenvalue weighted by molar-refractivity contribution is -0.276. The van der Waals surface area contributed by atoms with Crippen molar-refractivity contribution in [1.29, 1.82) is 0 Å². The average Bonchev–Trinajstić information content (AvgIpc) is 2.91. The first kappa shape index (κ1) is 31.5. The van der Waals surface area contributed by atoms with Gasteiger partial charge in [-0.15, -0.1) is 13.2 Å². The number of hydrogen-bond acceptors (Lipinski definition) is 1. The Hall–Kier alpha value is -1.47. The molecule has 0 saturated heterocycles. The lowest BCUT2D eigenvalue weighted by atomic mass is 9.67. The molecule has 0 aliphatic heterocycles. The quantitative estimate of drug-likeness (QED) is 0.198. The van der Waals surface area contributed by atoms with E-state index in [2.05, 4.69) is 11.7 Å². The van der Waals surface area contributed by atoms with Crippen LogP contribution in [0.1, 0.15) is 128 Å². The summed E-state index contributed by atoms with van der Waals surface area (Å²) in [6.07, 6.45) is 9.66. The highest BCUT2D eigenvalue weighted by Gasteiger charge is 2.44. The molecule has 3 fully saturated rings. The first-order valence-electron chi connectivity index (χ1n) is 15.6. The predicted molar refractivity (Wildman–Crippen MR) is 142 cm³/mol. The van der Waals surface area contributed by atoms with Crippen LogP contribution in [0.2, 0.25) is 0 Å². The Morgan fingerprint density at radius 2 is 1.23 bits per heavy atom. The fourth-order valence-electron chi connectivity index (χ4n) is 7.92. The van der Waals surface area contributed by atoms with Crippen LogP contribution in [0.25, 0.3) is 0 Å². The van der Waals surface area contributed by atoms with Crippen molar-refractivity contribution < 1.29 is 35.5 Å². The molecule has 0 N–H and O–H groups in total. The number of ether oxygens (including phenoxy) is 1. The van der Waals surface area contributed by atoms with Gasteiger partial charge in [-0.25, -0.2) is 17.6 Å². The molecule has 3 saturated carbocycles. The molecule has 0 heterocycles. The van der Waals surface area contributed by atoms with Gasteiger partial charge in [0.05, 0.1) is 0 Å². The van der Waals surface area contributed by atoms with Crippen LogP contribution in [0.4, 0.5) is 30.7 Å². The van der Waals surface area contributed by atoms with Gasteiger partial charge in [0.25, 0.3) is 5.92 Å². The summed E-state index contributed by atoms with van der Waals surface area (Å²) >= 11 is 0. The summed E-state index contributed by atoms with van der Waals surface area (Å²) in [7, 11) is 0.